The van der Waals surface area contributed by atoms with Crippen molar-refractivity contribution in [3.8, 4) is 22.6 Å². The quantitative estimate of drug-likeness (QED) is 0.735. The van der Waals surface area contributed by atoms with Crippen LogP contribution in [-0.2, 0) is 7.05 Å². The molecule has 0 aliphatic carbocycles. The molecule has 3 aromatic heterocycles. The van der Waals surface area contributed by atoms with Gasteiger partial charge in [0, 0.05) is 36.8 Å². The van der Waals surface area contributed by atoms with Crippen LogP contribution in [0.4, 0.5) is 0 Å². The second-order valence-electron chi connectivity index (χ2n) is 4.57. The smallest absolute Gasteiger partial charge is 0.139 e. The van der Waals surface area contributed by atoms with Crippen molar-refractivity contribution in [2.24, 2.45) is 7.05 Å². The monoisotopic (exact) mass is 283 g/mol. The maximum atomic E-state index is 5.26. The van der Waals surface area contributed by atoms with Crippen molar-refractivity contribution in [1.82, 2.24) is 24.7 Å². The van der Waals surface area contributed by atoms with Gasteiger partial charge in [0.05, 0.1) is 11.9 Å². The zero-order valence-electron chi connectivity index (χ0n) is 11.2. The fraction of sp³-hybridized carbons (Fsp3) is 0.143. The molecule has 0 radical (unpaired) electrons. The van der Waals surface area contributed by atoms with Crippen molar-refractivity contribution in [1.29, 1.82) is 0 Å². The number of hydrogen-bond donors (Lipinski definition) is 1. The Labute approximate surface area is 121 Å². The van der Waals surface area contributed by atoms with Crippen LogP contribution in [0.25, 0.3) is 22.6 Å². The molecule has 0 saturated carbocycles. The number of H-pyrrole nitrogens is 1. The third-order valence-electron chi connectivity index (χ3n) is 3.03. The molecule has 0 spiro atoms. The Bertz CT molecular complexity index is 818. The van der Waals surface area contributed by atoms with Gasteiger partial charge in [-0.05, 0) is 24.6 Å². The summed E-state index contributed by atoms with van der Waals surface area (Å²) >= 11 is 5.26. The molecule has 0 bridgehead atoms. The first-order valence-electron chi connectivity index (χ1n) is 6.15. The van der Waals surface area contributed by atoms with E-state index in [-0.39, 0.29) is 0 Å². The summed E-state index contributed by atoms with van der Waals surface area (Å²) in [6, 6.07) is 3.77. The van der Waals surface area contributed by atoms with Gasteiger partial charge < -0.3 is 4.98 Å². The van der Waals surface area contributed by atoms with Crippen molar-refractivity contribution < 1.29 is 0 Å². The molecule has 0 atom stereocenters. The molecule has 0 aromatic carbocycles. The van der Waals surface area contributed by atoms with E-state index >= 15 is 0 Å². The SMILES string of the molecule is Cc1cnccc1-c1nc(=S)cc(-c2cnn(C)c2)[nH]1. The predicted molar refractivity (Wildman–Crippen MR) is 79.6 cm³/mol. The number of aromatic nitrogens is 5. The number of nitrogens with one attached hydrogen (secondary N) is 1. The first-order valence-corrected chi connectivity index (χ1v) is 6.55. The average Bonchev–Trinajstić information content (AvgIpc) is 2.85. The van der Waals surface area contributed by atoms with Gasteiger partial charge in [-0.3, -0.25) is 9.67 Å². The highest BCUT2D eigenvalue weighted by Crippen LogP contribution is 2.22. The molecule has 0 fully saturated rings. The van der Waals surface area contributed by atoms with Crippen molar-refractivity contribution in [2.75, 3.05) is 0 Å². The van der Waals surface area contributed by atoms with E-state index in [4.69, 9.17) is 12.2 Å². The molecule has 20 heavy (non-hydrogen) atoms. The van der Waals surface area contributed by atoms with Gasteiger partial charge in [-0.15, -0.1) is 0 Å². The zero-order valence-corrected chi connectivity index (χ0v) is 12.0. The van der Waals surface area contributed by atoms with Gasteiger partial charge in [-0.1, -0.05) is 12.2 Å². The summed E-state index contributed by atoms with van der Waals surface area (Å²) in [5.41, 5.74) is 3.93. The van der Waals surface area contributed by atoms with E-state index in [1.165, 1.54) is 0 Å². The lowest BCUT2D eigenvalue weighted by Gasteiger charge is -2.06. The Morgan fingerprint density at radius 3 is 2.85 bits per heavy atom. The van der Waals surface area contributed by atoms with Gasteiger partial charge in [0.25, 0.3) is 0 Å². The maximum absolute atomic E-state index is 5.26. The lowest BCUT2D eigenvalue weighted by Crippen LogP contribution is -1.94. The minimum absolute atomic E-state index is 0.550. The molecule has 5 nitrogen and oxygen atoms in total. The normalized spacial score (nSPS) is 10.7. The molecule has 1 N–H and O–H groups in total. The molecule has 0 aliphatic heterocycles. The second kappa shape index (κ2) is 4.97. The second-order valence-corrected chi connectivity index (χ2v) is 4.99. The van der Waals surface area contributed by atoms with E-state index in [1.54, 1.807) is 17.1 Å². The minimum Gasteiger partial charge on any atom is -0.339 e. The van der Waals surface area contributed by atoms with Crippen LogP contribution < -0.4 is 0 Å². The molecule has 6 heteroatoms. The predicted octanol–water partition coefficient (Wildman–Crippen LogP) is 2.91. The van der Waals surface area contributed by atoms with E-state index in [0.717, 1.165) is 28.2 Å². The van der Waals surface area contributed by atoms with Crippen molar-refractivity contribution in [3.05, 3.63) is 47.1 Å². The molecular formula is C14H13N5S. The maximum Gasteiger partial charge on any atom is 0.139 e. The lowest BCUT2D eigenvalue weighted by molar-refractivity contribution is 0.768. The number of rotatable bonds is 2. The minimum atomic E-state index is 0.550. The van der Waals surface area contributed by atoms with Crippen LogP contribution in [0.2, 0.25) is 0 Å². The summed E-state index contributed by atoms with van der Waals surface area (Å²) in [5, 5.41) is 4.17. The van der Waals surface area contributed by atoms with Crippen LogP contribution in [0.5, 0.6) is 0 Å². The van der Waals surface area contributed by atoms with E-state index in [0.29, 0.717) is 4.64 Å². The van der Waals surface area contributed by atoms with Gasteiger partial charge >= 0.3 is 0 Å². The van der Waals surface area contributed by atoms with Gasteiger partial charge in [0.1, 0.15) is 10.5 Å². The van der Waals surface area contributed by atoms with E-state index < -0.39 is 0 Å². The van der Waals surface area contributed by atoms with Crippen molar-refractivity contribution in [2.45, 2.75) is 6.92 Å². The third-order valence-corrected chi connectivity index (χ3v) is 3.24. The topological polar surface area (TPSA) is 59.4 Å². The van der Waals surface area contributed by atoms with Crippen LogP contribution in [-0.4, -0.2) is 24.7 Å². The molecule has 0 saturated heterocycles. The molecule has 3 heterocycles. The van der Waals surface area contributed by atoms with Crippen LogP contribution >= 0.6 is 12.2 Å². The summed E-state index contributed by atoms with van der Waals surface area (Å²) in [4.78, 5) is 11.8. The van der Waals surface area contributed by atoms with Gasteiger partial charge in [-0.2, -0.15) is 5.10 Å². The van der Waals surface area contributed by atoms with Crippen LogP contribution in [0.1, 0.15) is 5.56 Å². The zero-order chi connectivity index (χ0) is 14.1. The highest BCUT2D eigenvalue weighted by molar-refractivity contribution is 7.71. The number of pyridine rings is 1. The van der Waals surface area contributed by atoms with E-state index in [1.807, 2.05) is 38.5 Å². The molecule has 3 rings (SSSR count). The molecular weight excluding hydrogens is 270 g/mol. The molecule has 0 aliphatic rings. The average molecular weight is 283 g/mol. The van der Waals surface area contributed by atoms with Gasteiger partial charge in [0.2, 0.25) is 0 Å². The standard InChI is InChI=1S/C14H13N5S/c1-9-6-15-4-3-11(9)14-17-12(5-13(20)18-14)10-7-16-19(2)8-10/h3-8H,1-2H3,(H,17,18,20). The molecule has 0 amide bonds. The van der Waals surface area contributed by atoms with Crippen molar-refractivity contribution >= 4 is 12.2 Å². The number of nitrogens with zero attached hydrogens (tertiary/aromatic N) is 4. The fourth-order valence-corrected chi connectivity index (χ4v) is 2.25. The lowest BCUT2D eigenvalue weighted by atomic mass is 10.1. The summed E-state index contributed by atoms with van der Waals surface area (Å²) in [6.07, 6.45) is 7.29. The molecule has 0 unspecified atom stereocenters. The number of aryl methyl sites for hydroxylation is 2. The summed E-state index contributed by atoms with van der Waals surface area (Å²) in [6.45, 7) is 2.00. The van der Waals surface area contributed by atoms with Gasteiger partial charge in [0.15, 0.2) is 0 Å². The van der Waals surface area contributed by atoms with E-state index in [9.17, 15) is 0 Å². The van der Waals surface area contributed by atoms with E-state index in [2.05, 4.69) is 20.1 Å². The summed E-state index contributed by atoms with van der Waals surface area (Å²) in [7, 11) is 1.88. The van der Waals surface area contributed by atoms with Crippen molar-refractivity contribution in [3.63, 3.8) is 0 Å². The molecule has 3 aromatic rings. The Morgan fingerprint density at radius 1 is 1.30 bits per heavy atom. The Balaban J connectivity index is 2.17. The largest absolute Gasteiger partial charge is 0.339 e. The first-order chi connectivity index (χ1) is 9.63. The Hall–Kier alpha value is -2.34. The molecule has 100 valence electrons. The van der Waals surface area contributed by atoms with Crippen LogP contribution in [0, 0.1) is 11.6 Å². The van der Waals surface area contributed by atoms with Crippen LogP contribution in [0.15, 0.2) is 36.9 Å². The Morgan fingerprint density at radius 2 is 2.15 bits per heavy atom. The van der Waals surface area contributed by atoms with Gasteiger partial charge in [-0.25, -0.2) is 4.98 Å². The first kappa shape index (κ1) is 12.7. The number of aromatic amines is 1. The highest BCUT2D eigenvalue weighted by atomic mass is 32.1. The highest BCUT2D eigenvalue weighted by Gasteiger charge is 2.07. The number of hydrogen-bond acceptors (Lipinski definition) is 4. The van der Waals surface area contributed by atoms with Crippen LogP contribution in [0.3, 0.4) is 0 Å². The summed E-state index contributed by atoms with van der Waals surface area (Å²) in [5.74, 6) is 0.747. The fourth-order valence-electron chi connectivity index (χ4n) is 2.04. The Kier molecular flexibility index (Phi) is 3.15. The third kappa shape index (κ3) is 2.37. The summed E-state index contributed by atoms with van der Waals surface area (Å²) < 4.78 is 2.30.